The van der Waals surface area contributed by atoms with Crippen molar-refractivity contribution in [1.29, 1.82) is 5.26 Å². The quantitative estimate of drug-likeness (QED) is 0.190. The zero-order valence-corrected chi connectivity index (χ0v) is 17.2. The van der Waals surface area contributed by atoms with Gasteiger partial charge in [-0.15, -0.1) is 0 Å². The summed E-state index contributed by atoms with van der Waals surface area (Å²) in [5.41, 5.74) is 1.68. The SMILES string of the molecule is CCOC(=O)/C(C#N)=C/c1cccc(OC(=O)CCCOc2ccc(CC)cc2)c1. The fourth-order valence-corrected chi connectivity index (χ4v) is 2.59. The molecule has 2 aromatic carbocycles. The number of aryl methyl sites for hydroxylation is 1. The Hall–Kier alpha value is -3.59. The molecule has 0 heterocycles. The molecule has 0 aliphatic carbocycles. The summed E-state index contributed by atoms with van der Waals surface area (Å²) in [6.45, 7) is 4.36. The van der Waals surface area contributed by atoms with E-state index in [4.69, 9.17) is 19.5 Å². The molecule has 0 spiro atoms. The number of carbonyl (C=O) groups is 2. The Morgan fingerprint density at radius 3 is 2.50 bits per heavy atom. The highest BCUT2D eigenvalue weighted by Gasteiger charge is 2.10. The average Bonchev–Trinajstić information content (AvgIpc) is 2.76. The monoisotopic (exact) mass is 407 g/mol. The third kappa shape index (κ3) is 7.44. The zero-order valence-electron chi connectivity index (χ0n) is 17.2. The van der Waals surface area contributed by atoms with Crippen LogP contribution >= 0.6 is 0 Å². The molecule has 0 saturated heterocycles. The van der Waals surface area contributed by atoms with E-state index in [1.54, 1.807) is 31.2 Å². The van der Waals surface area contributed by atoms with Gasteiger partial charge in [-0.3, -0.25) is 4.79 Å². The van der Waals surface area contributed by atoms with Crippen LogP contribution in [0, 0.1) is 11.3 Å². The molecule has 0 amide bonds. The van der Waals surface area contributed by atoms with Gasteiger partial charge in [-0.1, -0.05) is 31.2 Å². The van der Waals surface area contributed by atoms with E-state index in [0.717, 1.165) is 12.2 Å². The molecule has 0 radical (unpaired) electrons. The molecule has 6 heteroatoms. The molecule has 0 unspecified atom stereocenters. The van der Waals surface area contributed by atoms with Crippen molar-refractivity contribution in [1.82, 2.24) is 0 Å². The van der Waals surface area contributed by atoms with Crippen molar-refractivity contribution in [3.63, 3.8) is 0 Å². The maximum Gasteiger partial charge on any atom is 0.348 e. The van der Waals surface area contributed by atoms with Gasteiger partial charge >= 0.3 is 11.9 Å². The highest BCUT2D eigenvalue weighted by molar-refractivity contribution is 5.97. The van der Waals surface area contributed by atoms with Crippen molar-refractivity contribution in [2.75, 3.05) is 13.2 Å². The van der Waals surface area contributed by atoms with Gasteiger partial charge < -0.3 is 14.2 Å². The topological polar surface area (TPSA) is 85.6 Å². The number of carbonyl (C=O) groups excluding carboxylic acids is 2. The first-order valence-electron chi connectivity index (χ1n) is 9.87. The lowest BCUT2D eigenvalue weighted by atomic mass is 10.1. The number of ether oxygens (including phenoxy) is 3. The molecule has 156 valence electrons. The third-order valence-electron chi connectivity index (χ3n) is 4.14. The molecule has 30 heavy (non-hydrogen) atoms. The van der Waals surface area contributed by atoms with Crippen LogP contribution < -0.4 is 9.47 Å². The van der Waals surface area contributed by atoms with Gasteiger partial charge in [0.05, 0.1) is 13.2 Å². The Labute approximate surface area is 176 Å². The first-order chi connectivity index (χ1) is 14.5. The summed E-state index contributed by atoms with van der Waals surface area (Å²) in [7, 11) is 0. The number of esters is 2. The Morgan fingerprint density at radius 1 is 1.07 bits per heavy atom. The highest BCUT2D eigenvalue weighted by Crippen LogP contribution is 2.18. The van der Waals surface area contributed by atoms with Gasteiger partial charge in [0.1, 0.15) is 23.1 Å². The van der Waals surface area contributed by atoms with Gasteiger partial charge in [0.25, 0.3) is 0 Å². The first kappa shape index (κ1) is 22.7. The number of nitriles is 1. The minimum atomic E-state index is -0.688. The Kier molecular flexibility index (Phi) is 9.14. The largest absolute Gasteiger partial charge is 0.494 e. The van der Waals surface area contributed by atoms with E-state index in [0.29, 0.717) is 24.3 Å². The zero-order chi connectivity index (χ0) is 21.8. The summed E-state index contributed by atoms with van der Waals surface area (Å²) in [6.07, 6.45) is 3.10. The predicted molar refractivity (Wildman–Crippen MR) is 113 cm³/mol. The average molecular weight is 407 g/mol. The number of hydrogen-bond donors (Lipinski definition) is 0. The van der Waals surface area contributed by atoms with Crippen LogP contribution in [0.3, 0.4) is 0 Å². The van der Waals surface area contributed by atoms with E-state index in [-0.39, 0.29) is 24.6 Å². The lowest BCUT2D eigenvalue weighted by Crippen LogP contribution is -2.10. The standard InChI is InChI=1S/C24H25NO5/c1-3-18-10-12-21(13-11-18)29-14-6-9-23(26)30-22-8-5-7-19(16-22)15-20(17-25)24(27)28-4-2/h5,7-8,10-13,15-16H,3-4,6,9,14H2,1-2H3/b20-15+. The van der Waals surface area contributed by atoms with Gasteiger partial charge in [-0.25, -0.2) is 4.79 Å². The van der Waals surface area contributed by atoms with Crippen molar-refractivity contribution in [2.24, 2.45) is 0 Å². The molecule has 0 fully saturated rings. The fourth-order valence-electron chi connectivity index (χ4n) is 2.59. The van der Waals surface area contributed by atoms with Crippen molar-refractivity contribution >= 4 is 18.0 Å². The molecule has 0 bridgehead atoms. The van der Waals surface area contributed by atoms with E-state index < -0.39 is 5.97 Å². The molecule has 0 aliphatic heterocycles. The summed E-state index contributed by atoms with van der Waals surface area (Å²) in [4.78, 5) is 23.8. The third-order valence-corrected chi connectivity index (χ3v) is 4.14. The van der Waals surface area contributed by atoms with E-state index in [9.17, 15) is 9.59 Å². The van der Waals surface area contributed by atoms with Gasteiger partial charge in [0.15, 0.2) is 0 Å². The second kappa shape index (κ2) is 12.1. The van der Waals surface area contributed by atoms with Crippen LogP contribution in [-0.4, -0.2) is 25.2 Å². The molecule has 0 aliphatic rings. The van der Waals surface area contributed by atoms with E-state index in [2.05, 4.69) is 6.92 Å². The molecule has 0 aromatic heterocycles. The molecule has 2 aromatic rings. The smallest absolute Gasteiger partial charge is 0.348 e. The van der Waals surface area contributed by atoms with Crippen LogP contribution in [0.5, 0.6) is 11.5 Å². The molecular formula is C24H25NO5. The summed E-state index contributed by atoms with van der Waals surface area (Å²) >= 11 is 0. The summed E-state index contributed by atoms with van der Waals surface area (Å²) in [5.74, 6) is 0.0413. The van der Waals surface area contributed by atoms with Crippen molar-refractivity contribution in [2.45, 2.75) is 33.1 Å². The minimum absolute atomic E-state index is 0.121. The van der Waals surface area contributed by atoms with Crippen molar-refractivity contribution in [3.05, 3.63) is 65.2 Å². The van der Waals surface area contributed by atoms with Gasteiger partial charge in [-0.2, -0.15) is 5.26 Å². The number of benzene rings is 2. The molecule has 2 rings (SSSR count). The van der Waals surface area contributed by atoms with Crippen LogP contribution in [0.15, 0.2) is 54.1 Å². The number of rotatable bonds is 10. The minimum Gasteiger partial charge on any atom is -0.494 e. The van der Waals surface area contributed by atoms with Crippen LogP contribution in [0.2, 0.25) is 0 Å². The maximum absolute atomic E-state index is 12.1. The molecular weight excluding hydrogens is 382 g/mol. The maximum atomic E-state index is 12.1. The normalized spacial score (nSPS) is 10.8. The number of hydrogen-bond acceptors (Lipinski definition) is 6. The predicted octanol–water partition coefficient (Wildman–Crippen LogP) is 4.48. The Morgan fingerprint density at radius 2 is 1.83 bits per heavy atom. The second-order valence-corrected chi connectivity index (χ2v) is 6.39. The molecule has 0 atom stereocenters. The van der Waals surface area contributed by atoms with E-state index >= 15 is 0 Å². The van der Waals surface area contributed by atoms with Gasteiger partial charge in [0, 0.05) is 6.42 Å². The molecule has 0 saturated carbocycles. The first-order valence-corrected chi connectivity index (χ1v) is 9.87. The number of nitrogens with zero attached hydrogens (tertiary/aromatic N) is 1. The van der Waals surface area contributed by atoms with Gasteiger partial charge in [-0.05, 0) is 61.2 Å². The van der Waals surface area contributed by atoms with Crippen LogP contribution in [-0.2, 0) is 20.7 Å². The lowest BCUT2D eigenvalue weighted by molar-refractivity contribution is -0.138. The van der Waals surface area contributed by atoms with E-state index in [1.807, 2.05) is 30.3 Å². The summed E-state index contributed by atoms with van der Waals surface area (Å²) in [6, 6.07) is 16.3. The fraction of sp³-hybridized carbons (Fsp3) is 0.292. The summed E-state index contributed by atoms with van der Waals surface area (Å²) in [5, 5.41) is 9.11. The lowest BCUT2D eigenvalue weighted by Gasteiger charge is -2.08. The van der Waals surface area contributed by atoms with E-state index in [1.165, 1.54) is 11.6 Å². The second-order valence-electron chi connectivity index (χ2n) is 6.39. The van der Waals surface area contributed by atoms with Crippen molar-refractivity contribution in [3.8, 4) is 17.6 Å². The summed E-state index contributed by atoms with van der Waals surface area (Å²) < 4.78 is 15.8. The highest BCUT2D eigenvalue weighted by atomic mass is 16.5. The Balaban J connectivity index is 1.84. The Bertz CT molecular complexity index is 925. The van der Waals surface area contributed by atoms with Gasteiger partial charge in [0.2, 0.25) is 0 Å². The van der Waals surface area contributed by atoms with Crippen LogP contribution in [0.25, 0.3) is 6.08 Å². The van der Waals surface area contributed by atoms with Crippen LogP contribution in [0.1, 0.15) is 37.8 Å². The van der Waals surface area contributed by atoms with Crippen LogP contribution in [0.4, 0.5) is 0 Å². The van der Waals surface area contributed by atoms with Crippen molar-refractivity contribution < 1.29 is 23.8 Å². The molecule has 0 N–H and O–H groups in total. The molecule has 6 nitrogen and oxygen atoms in total.